The second-order valence-electron chi connectivity index (χ2n) is 9.15. The summed E-state index contributed by atoms with van der Waals surface area (Å²) < 4.78 is 43.8. The Bertz CT molecular complexity index is 1160. The van der Waals surface area contributed by atoms with Crippen molar-refractivity contribution in [2.75, 3.05) is 5.32 Å². The Morgan fingerprint density at radius 3 is 2.62 bits per heavy atom. The number of alkyl halides is 3. The Balaban J connectivity index is 1.95. The average molecular weight is 468 g/mol. The molecule has 1 aliphatic carbocycles. The van der Waals surface area contributed by atoms with Gasteiger partial charge in [0.05, 0.1) is 11.1 Å². The van der Waals surface area contributed by atoms with E-state index >= 15 is 0 Å². The van der Waals surface area contributed by atoms with Crippen LogP contribution in [-0.2, 0) is 12.0 Å². The molecule has 3 N–H and O–H groups in total. The first-order valence-electron chi connectivity index (χ1n) is 10.1. The molecule has 0 saturated carbocycles. The minimum absolute atomic E-state index is 0.0642. The standard InChI is InChI=1S/C23H22ClF3N2O3/c1-12-9-15-17(19(30)18(12)24)21(2,3)11-22(31,23(25,26)27)20(15)28-16-6-4-5-13-10-29(32)8-7-14(13)16/h4-9,20,31H,10-11H2,1-3H3,(H-,28,30,32)/p+1. The summed E-state index contributed by atoms with van der Waals surface area (Å²) in [6.07, 6.45) is -2.81. The number of nitrogens with one attached hydrogen (secondary N) is 1. The summed E-state index contributed by atoms with van der Waals surface area (Å²) in [5, 5.41) is 24.9. The number of aryl methyl sites for hydroxylation is 1. The van der Waals surface area contributed by atoms with Crippen LogP contribution in [0.3, 0.4) is 0 Å². The average Bonchev–Trinajstić information content (AvgIpc) is 2.67. The van der Waals surface area contributed by atoms with E-state index in [0.717, 1.165) is 4.76 Å². The zero-order chi connectivity index (χ0) is 23.6. The molecule has 0 radical (unpaired) electrons. The second-order valence-corrected chi connectivity index (χ2v) is 9.53. The fraction of sp³-hybridized carbons (Fsp3) is 0.391. The van der Waals surface area contributed by atoms with Crippen LogP contribution in [0.5, 0.6) is 5.75 Å². The third kappa shape index (κ3) is 3.36. The molecule has 2 aliphatic rings. The van der Waals surface area contributed by atoms with Gasteiger partial charge in [0.1, 0.15) is 5.75 Å². The van der Waals surface area contributed by atoms with E-state index < -0.39 is 29.7 Å². The maximum Gasteiger partial charge on any atom is 0.419 e. The molecule has 0 aromatic heterocycles. The number of rotatable bonds is 2. The van der Waals surface area contributed by atoms with Crippen LogP contribution in [0.25, 0.3) is 6.08 Å². The number of anilines is 1. The molecule has 0 saturated heterocycles. The van der Waals surface area contributed by atoms with Crippen LogP contribution in [0.15, 0.2) is 30.5 Å². The Hall–Kier alpha value is -2.58. The van der Waals surface area contributed by atoms with Crippen LogP contribution in [0.4, 0.5) is 18.9 Å². The van der Waals surface area contributed by atoms with Crippen LogP contribution in [0.1, 0.15) is 54.1 Å². The SMILES string of the molecule is Cc1cc2c(c(O)c1Cl)C(C)(C)CC(O)(C(F)(F)F)C2Nc1cccc2c1C=C[N+](=O)C2. The number of aliphatic hydroxyl groups is 1. The molecule has 1 aliphatic heterocycles. The number of benzene rings is 2. The maximum atomic E-state index is 14.3. The number of hydrogen-bond donors (Lipinski definition) is 3. The van der Waals surface area contributed by atoms with Crippen LogP contribution < -0.4 is 5.32 Å². The van der Waals surface area contributed by atoms with E-state index in [2.05, 4.69) is 5.32 Å². The van der Waals surface area contributed by atoms with E-state index in [9.17, 15) is 28.3 Å². The van der Waals surface area contributed by atoms with E-state index in [1.807, 2.05) is 0 Å². The number of aromatic hydroxyl groups is 1. The summed E-state index contributed by atoms with van der Waals surface area (Å²) in [6, 6.07) is 4.83. The molecular weight excluding hydrogens is 445 g/mol. The van der Waals surface area contributed by atoms with E-state index in [0.29, 0.717) is 22.4 Å². The zero-order valence-electron chi connectivity index (χ0n) is 17.7. The largest absolute Gasteiger partial charge is 0.506 e. The van der Waals surface area contributed by atoms with Crippen molar-refractivity contribution in [1.29, 1.82) is 0 Å². The molecule has 0 amide bonds. The number of nitroso groups, excluding NO2 is 1. The number of nitrogens with zero attached hydrogens (tertiary/aromatic N) is 1. The van der Waals surface area contributed by atoms with Gasteiger partial charge >= 0.3 is 6.18 Å². The van der Waals surface area contributed by atoms with E-state index in [1.54, 1.807) is 39.0 Å². The van der Waals surface area contributed by atoms with Gasteiger partial charge in [0.25, 0.3) is 0 Å². The Kier molecular flexibility index (Phi) is 5.10. The molecule has 2 unspecified atom stereocenters. The van der Waals surface area contributed by atoms with Crippen molar-refractivity contribution in [3.63, 3.8) is 0 Å². The molecular formula is C23H23ClF3N2O3+. The van der Waals surface area contributed by atoms with Crippen molar-refractivity contribution in [3.05, 3.63) is 68.2 Å². The van der Waals surface area contributed by atoms with E-state index in [-0.39, 0.29) is 28.4 Å². The van der Waals surface area contributed by atoms with Gasteiger partial charge in [-0.25, -0.2) is 0 Å². The monoisotopic (exact) mass is 467 g/mol. The van der Waals surface area contributed by atoms with E-state index in [4.69, 9.17) is 11.6 Å². The molecule has 0 fully saturated rings. The number of hydrogen-bond acceptors (Lipinski definition) is 4. The van der Waals surface area contributed by atoms with Crippen molar-refractivity contribution < 1.29 is 28.1 Å². The highest BCUT2D eigenvalue weighted by atomic mass is 35.5. The minimum atomic E-state index is -4.96. The molecule has 170 valence electrons. The lowest BCUT2D eigenvalue weighted by Crippen LogP contribution is -2.58. The Morgan fingerprint density at radius 2 is 1.97 bits per heavy atom. The molecule has 0 spiro atoms. The van der Waals surface area contributed by atoms with Gasteiger partial charge in [-0.3, -0.25) is 0 Å². The summed E-state index contributed by atoms with van der Waals surface area (Å²) in [7, 11) is 0. The molecule has 1 heterocycles. The van der Waals surface area contributed by atoms with Crippen molar-refractivity contribution in [2.45, 2.75) is 57.0 Å². The van der Waals surface area contributed by atoms with Gasteiger partial charge in [-0.05, 0) is 36.0 Å². The highest BCUT2D eigenvalue weighted by Gasteiger charge is 2.64. The number of phenolic OH excluding ortho intramolecular Hbond substituents is 1. The normalized spacial score (nSPS) is 24.1. The zero-order valence-corrected chi connectivity index (χ0v) is 18.5. The van der Waals surface area contributed by atoms with Crippen molar-refractivity contribution in [1.82, 2.24) is 0 Å². The smallest absolute Gasteiger partial charge is 0.419 e. The van der Waals surface area contributed by atoms with Crippen LogP contribution in [0, 0.1) is 11.8 Å². The van der Waals surface area contributed by atoms with Crippen molar-refractivity contribution in [3.8, 4) is 5.75 Å². The lowest BCUT2D eigenvalue weighted by molar-refractivity contribution is -0.496. The Morgan fingerprint density at radius 1 is 1.28 bits per heavy atom. The summed E-state index contributed by atoms with van der Waals surface area (Å²) in [4.78, 5) is 11.7. The summed E-state index contributed by atoms with van der Waals surface area (Å²) >= 11 is 6.22. The highest BCUT2D eigenvalue weighted by molar-refractivity contribution is 6.33. The van der Waals surface area contributed by atoms with Gasteiger partial charge in [-0.2, -0.15) is 13.2 Å². The molecule has 2 aromatic rings. The molecule has 0 bridgehead atoms. The van der Waals surface area contributed by atoms with Crippen LogP contribution in [-0.4, -0.2) is 26.8 Å². The van der Waals surface area contributed by atoms with Gasteiger partial charge in [-0.15, -0.1) is 0 Å². The third-order valence-electron chi connectivity index (χ3n) is 6.35. The number of fused-ring (bicyclic) bond motifs is 2. The van der Waals surface area contributed by atoms with Crippen LogP contribution in [0.2, 0.25) is 5.02 Å². The predicted octanol–water partition coefficient (Wildman–Crippen LogP) is 5.75. The number of halogens is 4. The molecule has 4 rings (SSSR count). The summed E-state index contributed by atoms with van der Waals surface area (Å²) in [5.41, 5.74) is -1.97. The highest BCUT2D eigenvalue weighted by Crippen LogP contribution is 2.57. The number of phenols is 1. The molecule has 9 heteroatoms. The summed E-state index contributed by atoms with van der Waals surface area (Å²) in [6.45, 7) is 4.73. The molecule has 32 heavy (non-hydrogen) atoms. The van der Waals surface area contributed by atoms with Crippen molar-refractivity contribution >= 4 is 23.4 Å². The third-order valence-corrected chi connectivity index (χ3v) is 6.83. The fourth-order valence-electron chi connectivity index (χ4n) is 4.93. The van der Waals surface area contributed by atoms with Gasteiger partial charge in [0.2, 0.25) is 12.7 Å². The lowest BCUT2D eigenvalue weighted by atomic mass is 9.63. The quantitative estimate of drug-likeness (QED) is 0.492. The predicted molar refractivity (Wildman–Crippen MR) is 116 cm³/mol. The molecule has 2 aromatic carbocycles. The maximum absolute atomic E-state index is 14.3. The topological polar surface area (TPSA) is 72.6 Å². The van der Waals surface area contributed by atoms with Crippen molar-refractivity contribution in [2.24, 2.45) is 0 Å². The first kappa shape index (κ1) is 22.6. The minimum Gasteiger partial charge on any atom is -0.506 e. The second kappa shape index (κ2) is 7.22. The molecule has 5 nitrogen and oxygen atoms in total. The van der Waals surface area contributed by atoms with Gasteiger partial charge in [0, 0.05) is 38.1 Å². The molecule has 2 atom stereocenters. The van der Waals surface area contributed by atoms with Crippen LogP contribution >= 0.6 is 11.6 Å². The van der Waals surface area contributed by atoms with Gasteiger partial charge < -0.3 is 15.5 Å². The first-order valence-corrected chi connectivity index (χ1v) is 10.5. The fourth-order valence-corrected chi connectivity index (χ4v) is 5.08. The van der Waals surface area contributed by atoms with E-state index in [1.165, 1.54) is 18.3 Å². The first-order chi connectivity index (χ1) is 14.8. The van der Waals surface area contributed by atoms with Gasteiger partial charge in [-0.1, -0.05) is 43.6 Å². The Labute approximate surface area is 188 Å². The van der Waals surface area contributed by atoms with Gasteiger partial charge in [0.15, 0.2) is 5.60 Å². The summed E-state index contributed by atoms with van der Waals surface area (Å²) in [5.74, 6) is -0.278. The lowest BCUT2D eigenvalue weighted by Gasteiger charge is -2.49.